The molecule has 8 heteroatoms. The van der Waals surface area contributed by atoms with Crippen molar-refractivity contribution in [2.45, 2.75) is 6.92 Å². The highest BCUT2D eigenvalue weighted by molar-refractivity contribution is 9.10. The van der Waals surface area contributed by atoms with Crippen LogP contribution in [0.4, 0.5) is 5.82 Å². The highest BCUT2D eigenvalue weighted by Crippen LogP contribution is 2.23. The summed E-state index contributed by atoms with van der Waals surface area (Å²) >= 11 is 3.15. The van der Waals surface area contributed by atoms with Gasteiger partial charge >= 0.3 is 5.97 Å². The fourth-order valence-electron chi connectivity index (χ4n) is 2.20. The molecule has 2 aromatic heterocycles. The Balaban J connectivity index is 2.00. The number of benzene rings is 1. The van der Waals surface area contributed by atoms with Gasteiger partial charge in [0.25, 0.3) is 5.91 Å². The second-order valence-electron chi connectivity index (χ2n) is 4.93. The van der Waals surface area contributed by atoms with E-state index in [1.165, 1.54) is 16.9 Å². The van der Waals surface area contributed by atoms with Gasteiger partial charge in [0.15, 0.2) is 16.2 Å². The maximum absolute atomic E-state index is 12.4. The summed E-state index contributed by atoms with van der Waals surface area (Å²) < 4.78 is 12.2. The quantitative estimate of drug-likeness (QED) is 0.656. The zero-order valence-corrected chi connectivity index (χ0v) is 14.8. The predicted molar refractivity (Wildman–Crippen MR) is 93.9 cm³/mol. The van der Waals surface area contributed by atoms with Crippen molar-refractivity contribution in [3.63, 3.8) is 0 Å². The smallest absolute Gasteiger partial charge is 0.343 e. The summed E-state index contributed by atoms with van der Waals surface area (Å²) in [6, 6.07) is 12.3. The Hall–Kier alpha value is -2.87. The predicted octanol–water partition coefficient (Wildman–Crippen LogP) is 3.66. The number of nitrogens with one attached hydrogen (secondary N) is 1. The third-order valence-electron chi connectivity index (χ3n) is 3.29. The highest BCUT2D eigenvalue weighted by atomic mass is 79.9. The van der Waals surface area contributed by atoms with Crippen molar-refractivity contribution in [2.75, 3.05) is 11.9 Å². The molecule has 0 saturated heterocycles. The van der Waals surface area contributed by atoms with Crippen LogP contribution in [-0.4, -0.2) is 28.3 Å². The van der Waals surface area contributed by atoms with E-state index >= 15 is 0 Å². The molecule has 0 atom stereocenters. The van der Waals surface area contributed by atoms with Crippen molar-refractivity contribution in [3.05, 3.63) is 64.7 Å². The average molecular weight is 404 g/mol. The largest absolute Gasteiger partial charge is 0.462 e. The van der Waals surface area contributed by atoms with Crippen LogP contribution in [0.25, 0.3) is 5.69 Å². The van der Waals surface area contributed by atoms with Gasteiger partial charge in [0.05, 0.1) is 18.5 Å². The topological polar surface area (TPSA) is 86.4 Å². The van der Waals surface area contributed by atoms with E-state index in [1.807, 2.05) is 18.2 Å². The van der Waals surface area contributed by atoms with Crippen molar-refractivity contribution in [3.8, 4) is 5.69 Å². The number of furan rings is 1. The minimum Gasteiger partial charge on any atom is -0.462 e. The number of nitrogens with zero attached hydrogens (tertiary/aromatic N) is 2. The van der Waals surface area contributed by atoms with Gasteiger partial charge in [-0.3, -0.25) is 4.79 Å². The molecule has 0 bridgehead atoms. The molecule has 1 amide bonds. The Morgan fingerprint density at radius 3 is 2.64 bits per heavy atom. The van der Waals surface area contributed by atoms with Crippen molar-refractivity contribution in [1.29, 1.82) is 0 Å². The first kappa shape index (κ1) is 17.0. The van der Waals surface area contributed by atoms with Crippen LogP contribution in [0.5, 0.6) is 0 Å². The lowest BCUT2D eigenvalue weighted by molar-refractivity contribution is 0.0527. The van der Waals surface area contributed by atoms with Gasteiger partial charge in [-0.15, -0.1) is 0 Å². The van der Waals surface area contributed by atoms with E-state index in [1.54, 1.807) is 25.1 Å². The van der Waals surface area contributed by atoms with Crippen molar-refractivity contribution >= 4 is 33.6 Å². The van der Waals surface area contributed by atoms with E-state index in [0.717, 1.165) is 0 Å². The van der Waals surface area contributed by atoms with Crippen LogP contribution >= 0.6 is 15.9 Å². The molecule has 0 aliphatic rings. The fraction of sp³-hybridized carbons (Fsp3) is 0.118. The number of anilines is 1. The molecular formula is C17H14BrN3O4. The number of esters is 1. The van der Waals surface area contributed by atoms with Crippen LogP contribution in [0.15, 0.2) is 57.7 Å². The summed E-state index contributed by atoms with van der Waals surface area (Å²) in [6.45, 7) is 1.92. The average Bonchev–Trinajstić information content (AvgIpc) is 3.22. The first-order chi connectivity index (χ1) is 12.1. The van der Waals surface area contributed by atoms with Crippen LogP contribution in [-0.2, 0) is 4.74 Å². The third-order valence-corrected chi connectivity index (χ3v) is 3.72. The molecule has 128 valence electrons. The molecule has 2 heterocycles. The molecule has 25 heavy (non-hydrogen) atoms. The monoisotopic (exact) mass is 403 g/mol. The van der Waals surface area contributed by atoms with Crippen LogP contribution in [0, 0.1) is 0 Å². The fourth-order valence-corrected chi connectivity index (χ4v) is 2.50. The second-order valence-corrected chi connectivity index (χ2v) is 5.71. The van der Waals surface area contributed by atoms with Crippen molar-refractivity contribution in [2.24, 2.45) is 0 Å². The van der Waals surface area contributed by atoms with Gasteiger partial charge < -0.3 is 14.5 Å². The Bertz CT molecular complexity index is 902. The van der Waals surface area contributed by atoms with E-state index < -0.39 is 11.9 Å². The Morgan fingerprint density at radius 1 is 1.24 bits per heavy atom. The maximum Gasteiger partial charge on any atom is 0.343 e. The summed E-state index contributed by atoms with van der Waals surface area (Å²) in [5.41, 5.74) is 0.846. The molecule has 0 saturated carbocycles. The van der Waals surface area contributed by atoms with Crippen molar-refractivity contribution in [1.82, 2.24) is 9.78 Å². The highest BCUT2D eigenvalue weighted by Gasteiger charge is 2.23. The summed E-state index contributed by atoms with van der Waals surface area (Å²) in [5.74, 6) is -0.765. The zero-order valence-electron chi connectivity index (χ0n) is 13.2. The summed E-state index contributed by atoms with van der Waals surface area (Å²) in [4.78, 5) is 24.6. The molecule has 0 aliphatic heterocycles. The Morgan fingerprint density at radius 2 is 2.00 bits per heavy atom. The summed E-state index contributed by atoms with van der Waals surface area (Å²) in [7, 11) is 0. The Kier molecular flexibility index (Phi) is 4.99. The Labute approximate surface area is 151 Å². The number of carbonyl (C=O) groups excluding carboxylic acids is 2. The second kappa shape index (κ2) is 7.35. The first-order valence-corrected chi connectivity index (χ1v) is 8.26. The number of para-hydroxylation sites is 1. The zero-order chi connectivity index (χ0) is 17.8. The lowest BCUT2D eigenvalue weighted by atomic mass is 10.3. The van der Waals surface area contributed by atoms with Gasteiger partial charge in [-0.2, -0.15) is 5.10 Å². The number of halogens is 1. The van der Waals surface area contributed by atoms with Crippen LogP contribution in [0.1, 0.15) is 27.8 Å². The van der Waals surface area contributed by atoms with E-state index in [0.29, 0.717) is 10.4 Å². The normalized spacial score (nSPS) is 10.5. The molecule has 0 fully saturated rings. The van der Waals surface area contributed by atoms with Gasteiger partial charge in [-0.25, -0.2) is 9.48 Å². The number of amides is 1. The molecule has 1 N–H and O–H groups in total. The molecule has 0 spiro atoms. The standard InChI is InChI=1S/C17H14BrN3O4/c1-2-24-17(23)12-10-19-21(11-6-4-3-5-7-11)15(12)20-16(22)13-8-9-14(18)25-13/h3-10H,2H2,1H3,(H,20,22). The van der Waals surface area contributed by atoms with E-state index in [9.17, 15) is 9.59 Å². The van der Waals surface area contributed by atoms with Crippen LogP contribution in [0.3, 0.4) is 0 Å². The van der Waals surface area contributed by atoms with Gasteiger partial charge in [-0.1, -0.05) is 18.2 Å². The maximum atomic E-state index is 12.4. The number of rotatable bonds is 5. The third kappa shape index (κ3) is 3.63. The number of aromatic nitrogens is 2. The first-order valence-electron chi connectivity index (χ1n) is 7.47. The van der Waals surface area contributed by atoms with Gasteiger partial charge in [-0.05, 0) is 47.1 Å². The minimum atomic E-state index is -0.569. The summed E-state index contributed by atoms with van der Waals surface area (Å²) in [6.07, 6.45) is 1.36. The molecular weight excluding hydrogens is 390 g/mol. The SMILES string of the molecule is CCOC(=O)c1cnn(-c2ccccc2)c1NC(=O)c1ccc(Br)o1. The van der Waals surface area contributed by atoms with E-state index in [-0.39, 0.29) is 23.7 Å². The lowest BCUT2D eigenvalue weighted by Gasteiger charge is -2.10. The van der Waals surface area contributed by atoms with Crippen molar-refractivity contribution < 1.29 is 18.7 Å². The summed E-state index contributed by atoms with van der Waals surface area (Å²) in [5, 5.41) is 6.88. The van der Waals surface area contributed by atoms with Crippen LogP contribution < -0.4 is 5.32 Å². The molecule has 0 radical (unpaired) electrons. The van der Waals surface area contributed by atoms with E-state index in [2.05, 4.69) is 26.3 Å². The van der Waals surface area contributed by atoms with Gasteiger partial charge in [0.1, 0.15) is 5.56 Å². The lowest BCUT2D eigenvalue weighted by Crippen LogP contribution is -2.17. The molecule has 3 aromatic rings. The molecule has 3 rings (SSSR count). The molecule has 0 unspecified atom stereocenters. The molecule has 0 aliphatic carbocycles. The number of hydrogen-bond donors (Lipinski definition) is 1. The molecule has 7 nitrogen and oxygen atoms in total. The number of carbonyl (C=O) groups is 2. The number of hydrogen-bond acceptors (Lipinski definition) is 5. The molecule has 1 aromatic carbocycles. The minimum absolute atomic E-state index is 0.0995. The van der Waals surface area contributed by atoms with Gasteiger partial charge in [0, 0.05) is 0 Å². The number of ether oxygens (including phenoxy) is 1. The van der Waals surface area contributed by atoms with E-state index in [4.69, 9.17) is 9.15 Å². The van der Waals surface area contributed by atoms with Crippen LogP contribution in [0.2, 0.25) is 0 Å². The van der Waals surface area contributed by atoms with Gasteiger partial charge in [0.2, 0.25) is 0 Å².